The zero-order valence-corrected chi connectivity index (χ0v) is 7.97. The van der Waals surface area contributed by atoms with E-state index in [4.69, 9.17) is 19.5 Å². The summed E-state index contributed by atoms with van der Waals surface area (Å²) in [4.78, 5) is 0. The van der Waals surface area contributed by atoms with Crippen LogP contribution in [0.15, 0.2) is 18.2 Å². The van der Waals surface area contributed by atoms with Gasteiger partial charge in [0.2, 0.25) is 5.75 Å². The van der Waals surface area contributed by atoms with Crippen molar-refractivity contribution >= 4 is 7.69 Å². The van der Waals surface area contributed by atoms with Gasteiger partial charge in [0.1, 0.15) is 0 Å². The molecule has 0 heterocycles. The molecule has 14 heavy (non-hydrogen) atoms. The number of ether oxygens (including phenoxy) is 2. The Balaban J connectivity index is 0.000000500. The van der Waals surface area contributed by atoms with Gasteiger partial charge in [-0.2, -0.15) is 0 Å². The monoisotopic (exact) mass is 199 g/mol. The van der Waals surface area contributed by atoms with Gasteiger partial charge >= 0.3 is 7.69 Å². The van der Waals surface area contributed by atoms with Crippen molar-refractivity contribution in [2.45, 2.75) is 0 Å². The SMILES string of the molecule is COc1cccc(OC)c1O.O[B]O. The predicted octanol–water partition coefficient (Wildman–Crippen LogP) is -0.0854. The van der Waals surface area contributed by atoms with E-state index in [1.54, 1.807) is 18.2 Å². The van der Waals surface area contributed by atoms with E-state index in [2.05, 4.69) is 0 Å². The van der Waals surface area contributed by atoms with Gasteiger partial charge in [-0.25, -0.2) is 0 Å². The van der Waals surface area contributed by atoms with Gasteiger partial charge in [-0.3, -0.25) is 0 Å². The molecule has 0 saturated heterocycles. The topological polar surface area (TPSA) is 79.2 Å². The Labute approximate surface area is 82.8 Å². The fourth-order valence-electron chi connectivity index (χ4n) is 0.832. The largest absolute Gasteiger partial charge is 0.502 e. The number of rotatable bonds is 2. The van der Waals surface area contributed by atoms with E-state index in [0.717, 1.165) is 0 Å². The molecule has 5 nitrogen and oxygen atoms in total. The third-order valence-electron chi connectivity index (χ3n) is 1.40. The van der Waals surface area contributed by atoms with Crippen molar-refractivity contribution in [3.63, 3.8) is 0 Å². The zero-order valence-electron chi connectivity index (χ0n) is 7.97. The quantitative estimate of drug-likeness (QED) is 0.580. The van der Waals surface area contributed by atoms with Crippen molar-refractivity contribution in [2.75, 3.05) is 14.2 Å². The highest BCUT2D eigenvalue weighted by Crippen LogP contribution is 2.34. The molecule has 0 amide bonds. The van der Waals surface area contributed by atoms with Crippen LogP contribution in [-0.2, 0) is 0 Å². The van der Waals surface area contributed by atoms with Crippen LogP contribution in [-0.4, -0.2) is 37.1 Å². The standard InChI is InChI=1S/C8H10O3.BH2O2/c1-10-6-4-3-5-7(11-2)8(6)9;2-1-3/h3-5,9H,1-2H3;2-3H. The van der Waals surface area contributed by atoms with Crippen molar-refractivity contribution in [2.24, 2.45) is 0 Å². The highest BCUT2D eigenvalue weighted by atomic mass is 16.5. The smallest absolute Gasteiger partial charge is 0.482 e. The van der Waals surface area contributed by atoms with Crippen molar-refractivity contribution < 1.29 is 24.6 Å². The van der Waals surface area contributed by atoms with Crippen molar-refractivity contribution in [3.8, 4) is 17.2 Å². The fourth-order valence-corrected chi connectivity index (χ4v) is 0.832. The summed E-state index contributed by atoms with van der Waals surface area (Å²) < 4.78 is 9.71. The average Bonchev–Trinajstić information content (AvgIpc) is 2.19. The first-order valence-corrected chi connectivity index (χ1v) is 3.71. The van der Waals surface area contributed by atoms with Crippen LogP contribution in [0, 0.1) is 0 Å². The number of hydrogen-bond acceptors (Lipinski definition) is 5. The van der Waals surface area contributed by atoms with Crippen LogP contribution in [0.5, 0.6) is 17.2 Å². The van der Waals surface area contributed by atoms with E-state index in [-0.39, 0.29) is 13.4 Å². The molecule has 0 unspecified atom stereocenters. The lowest BCUT2D eigenvalue weighted by atomic mass is 10.3. The molecule has 3 N–H and O–H groups in total. The number of aromatic hydroxyl groups is 1. The van der Waals surface area contributed by atoms with E-state index >= 15 is 0 Å². The number of phenolic OH excluding ortho intramolecular Hbond substituents is 1. The highest BCUT2D eigenvalue weighted by Gasteiger charge is 2.05. The van der Waals surface area contributed by atoms with Crippen LogP contribution in [0.2, 0.25) is 0 Å². The first kappa shape index (κ1) is 12.6. The van der Waals surface area contributed by atoms with Gasteiger partial charge in [-0.05, 0) is 12.1 Å². The lowest BCUT2D eigenvalue weighted by Gasteiger charge is -2.06. The molecule has 1 aromatic carbocycles. The van der Waals surface area contributed by atoms with Gasteiger partial charge in [0.05, 0.1) is 14.2 Å². The Morgan fingerprint density at radius 3 is 1.71 bits per heavy atom. The molecule has 0 bridgehead atoms. The summed E-state index contributed by atoms with van der Waals surface area (Å²) in [5.74, 6) is 0.881. The third kappa shape index (κ3) is 3.55. The third-order valence-corrected chi connectivity index (χ3v) is 1.40. The molecule has 1 rings (SSSR count). The highest BCUT2D eigenvalue weighted by molar-refractivity contribution is 6.13. The normalized spacial score (nSPS) is 8.29. The van der Waals surface area contributed by atoms with Crippen LogP contribution in [0.3, 0.4) is 0 Å². The van der Waals surface area contributed by atoms with Crippen molar-refractivity contribution in [3.05, 3.63) is 18.2 Å². The summed E-state index contributed by atoms with van der Waals surface area (Å²) in [7, 11) is 2.99. The van der Waals surface area contributed by atoms with Crippen LogP contribution in [0.4, 0.5) is 0 Å². The Morgan fingerprint density at radius 2 is 1.43 bits per heavy atom. The fraction of sp³-hybridized carbons (Fsp3) is 0.250. The summed E-state index contributed by atoms with van der Waals surface area (Å²) in [5.41, 5.74) is 0. The minimum atomic E-state index is 0. The summed E-state index contributed by atoms with van der Waals surface area (Å²) >= 11 is 0. The summed E-state index contributed by atoms with van der Waals surface area (Å²) in [5, 5.41) is 23.3. The summed E-state index contributed by atoms with van der Waals surface area (Å²) in [6, 6.07) is 5.08. The van der Waals surface area contributed by atoms with Gasteiger partial charge in [0, 0.05) is 0 Å². The van der Waals surface area contributed by atoms with E-state index < -0.39 is 0 Å². The molecule has 0 saturated carbocycles. The minimum Gasteiger partial charge on any atom is -0.502 e. The first-order chi connectivity index (χ1) is 6.71. The molecular weight excluding hydrogens is 187 g/mol. The number of benzene rings is 1. The Bertz CT molecular complexity index is 244. The molecule has 0 spiro atoms. The van der Waals surface area contributed by atoms with Crippen LogP contribution >= 0.6 is 0 Å². The van der Waals surface area contributed by atoms with E-state index in [1.807, 2.05) is 0 Å². The first-order valence-electron chi connectivity index (χ1n) is 3.71. The van der Waals surface area contributed by atoms with Gasteiger partial charge in [0.25, 0.3) is 0 Å². The molecule has 0 aliphatic carbocycles. The number of hydrogen-bond donors (Lipinski definition) is 3. The molecule has 1 aromatic rings. The van der Waals surface area contributed by atoms with Gasteiger partial charge in [-0.15, -0.1) is 0 Å². The van der Waals surface area contributed by atoms with Gasteiger partial charge < -0.3 is 24.6 Å². The maximum Gasteiger partial charge on any atom is 0.482 e. The second kappa shape index (κ2) is 7.05. The van der Waals surface area contributed by atoms with Gasteiger partial charge in [-0.1, -0.05) is 6.07 Å². The van der Waals surface area contributed by atoms with Crippen LogP contribution in [0.1, 0.15) is 0 Å². The summed E-state index contributed by atoms with van der Waals surface area (Å²) in [6.45, 7) is 0. The van der Waals surface area contributed by atoms with Crippen molar-refractivity contribution in [1.82, 2.24) is 0 Å². The maximum atomic E-state index is 9.34. The zero-order chi connectivity index (χ0) is 11.0. The summed E-state index contributed by atoms with van der Waals surface area (Å²) in [6.07, 6.45) is 0. The van der Waals surface area contributed by atoms with Crippen molar-refractivity contribution in [1.29, 1.82) is 0 Å². The van der Waals surface area contributed by atoms with E-state index in [0.29, 0.717) is 11.5 Å². The van der Waals surface area contributed by atoms with E-state index in [9.17, 15) is 5.11 Å². The van der Waals surface area contributed by atoms with Crippen LogP contribution in [0.25, 0.3) is 0 Å². The minimum absolute atomic E-state index is 0. The molecule has 0 atom stereocenters. The lowest BCUT2D eigenvalue weighted by Crippen LogP contribution is -1.87. The molecule has 0 aromatic heterocycles. The molecule has 1 radical (unpaired) electrons. The molecule has 0 aliphatic rings. The Kier molecular flexibility index (Phi) is 6.35. The second-order valence-electron chi connectivity index (χ2n) is 2.13. The number of methoxy groups -OCH3 is 2. The van der Waals surface area contributed by atoms with E-state index in [1.165, 1.54) is 14.2 Å². The number of phenols is 1. The Morgan fingerprint density at radius 1 is 1.07 bits per heavy atom. The predicted molar refractivity (Wildman–Crippen MR) is 51.4 cm³/mol. The average molecular weight is 199 g/mol. The molecule has 6 heteroatoms. The maximum absolute atomic E-state index is 9.34. The lowest BCUT2D eigenvalue weighted by molar-refractivity contribution is 0.340. The van der Waals surface area contributed by atoms with Crippen LogP contribution < -0.4 is 9.47 Å². The Hall–Kier alpha value is -1.40. The molecule has 0 aliphatic heterocycles. The molecular formula is C8H12BO5. The molecule has 0 fully saturated rings. The molecule has 77 valence electrons. The van der Waals surface area contributed by atoms with Gasteiger partial charge in [0.15, 0.2) is 11.5 Å². The number of para-hydroxylation sites is 1. The second-order valence-corrected chi connectivity index (χ2v) is 2.13.